The monoisotopic (exact) mass is 379 g/mol. The lowest BCUT2D eigenvalue weighted by molar-refractivity contribution is 0.188. The summed E-state index contributed by atoms with van der Waals surface area (Å²) in [4.78, 5) is 0. The topological polar surface area (TPSA) is 57.6 Å². The van der Waals surface area contributed by atoms with Gasteiger partial charge in [0.05, 0.1) is 16.9 Å². The van der Waals surface area contributed by atoms with E-state index in [-0.39, 0.29) is 6.54 Å². The number of rotatable bonds is 2. The van der Waals surface area contributed by atoms with Crippen molar-refractivity contribution in [3.05, 3.63) is 34.1 Å². The summed E-state index contributed by atoms with van der Waals surface area (Å²) in [5.41, 5.74) is 0.667. The van der Waals surface area contributed by atoms with E-state index in [1.54, 1.807) is 26.8 Å². The summed E-state index contributed by atoms with van der Waals surface area (Å²) in [6.45, 7) is 4.95. The minimum absolute atomic E-state index is 0.0636. The molecule has 118 valence electrons. The molecule has 1 aliphatic heterocycles. The van der Waals surface area contributed by atoms with Crippen molar-refractivity contribution in [3.63, 3.8) is 0 Å². The molecule has 2 unspecified atom stereocenters. The first-order valence-corrected chi connectivity index (χ1v) is 8.92. The van der Waals surface area contributed by atoms with Crippen LogP contribution < -0.4 is 0 Å². The molecule has 0 amide bonds. The van der Waals surface area contributed by atoms with Crippen molar-refractivity contribution in [3.8, 4) is 0 Å². The van der Waals surface area contributed by atoms with Crippen molar-refractivity contribution >= 4 is 26.0 Å². The Morgan fingerprint density at radius 2 is 2.00 bits per heavy atom. The highest BCUT2D eigenvalue weighted by atomic mass is 79.9. The number of nitrogens with zero attached hydrogens (tertiary/aromatic N) is 1. The number of hydrogen-bond acceptors (Lipinski definition) is 3. The zero-order valence-corrected chi connectivity index (χ0v) is 14.6. The third-order valence-corrected chi connectivity index (χ3v) is 6.89. The zero-order valence-electron chi connectivity index (χ0n) is 12.2. The molecule has 1 aliphatic rings. The zero-order chi connectivity index (χ0) is 16.0. The van der Waals surface area contributed by atoms with E-state index in [0.29, 0.717) is 16.5 Å². The fourth-order valence-corrected chi connectivity index (χ4v) is 4.68. The molecule has 0 aliphatic carbocycles. The van der Waals surface area contributed by atoms with Crippen LogP contribution in [0.5, 0.6) is 0 Å². The van der Waals surface area contributed by atoms with Gasteiger partial charge in [0.1, 0.15) is 5.82 Å². The average Bonchev–Trinajstić information content (AvgIpc) is 2.70. The molecular formula is C14H19BrFNO3S. The van der Waals surface area contributed by atoms with Crippen LogP contribution in [0, 0.1) is 5.82 Å². The van der Waals surface area contributed by atoms with Crippen molar-refractivity contribution in [2.24, 2.45) is 0 Å². The lowest BCUT2D eigenvalue weighted by atomic mass is 10.0. The summed E-state index contributed by atoms with van der Waals surface area (Å²) in [5.74, 6) is -0.394. The van der Waals surface area contributed by atoms with Gasteiger partial charge in [-0.2, -0.15) is 4.31 Å². The maximum absolute atomic E-state index is 13.2. The standard InChI is InChI=1S/C14H19BrFNO3S/c1-14(2,3)21(19,20)17-8-10(18)7-13(17)11-5-4-9(16)6-12(11)15/h4-6,10,13,18H,7-8H2,1-3H3. The molecule has 1 N–H and O–H groups in total. The maximum atomic E-state index is 13.2. The van der Waals surface area contributed by atoms with Crippen molar-refractivity contribution in [2.75, 3.05) is 6.54 Å². The summed E-state index contributed by atoms with van der Waals surface area (Å²) < 4.78 is 39.5. The highest BCUT2D eigenvalue weighted by Crippen LogP contribution is 2.40. The van der Waals surface area contributed by atoms with Crippen molar-refractivity contribution in [2.45, 2.75) is 44.1 Å². The highest BCUT2D eigenvalue weighted by molar-refractivity contribution is 9.10. The fourth-order valence-electron chi connectivity index (χ4n) is 2.46. The third kappa shape index (κ3) is 3.16. The van der Waals surface area contributed by atoms with Crippen molar-refractivity contribution in [1.82, 2.24) is 4.31 Å². The van der Waals surface area contributed by atoms with E-state index < -0.39 is 32.7 Å². The molecule has 21 heavy (non-hydrogen) atoms. The van der Waals surface area contributed by atoms with Gasteiger partial charge in [-0.1, -0.05) is 22.0 Å². The number of β-amino-alcohol motifs (C(OH)–C–C–N with tert-alkyl or cyclic N) is 1. The van der Waals surface area contributed by atoms with Crippen molar-refractivity contribution < 1.29 is 17.9 Å². The van der Waals surface area contributed by atoms with Crippen LogP contribution in [0.25, 0.3) is 0 Å². The quantitative estimate of drug-likeness (QED) is 0.859. The van der Waals surface area contributed by atoms with Crippen LogP contribution in [-0.4, -0.2) is 35.2 Å². The first kappa shape index (κ1) is 16.9. The first-order valence-electron chi connectivity index (χ1n) is 6.68. The second-order valence-electron chi connectivity index (χ2n) is 6.26. The maximum Gasteiger partial charge on any atom is 0.219 e. The molecule has 1 heterocycles. The van der Waals surface area contributed by atoms with Gasteiger partial charge in [0.15, 0.2) is 0 Å². The highest BCUT2D eigenvalue weighted by Gasteiger charge is 2.45. The van der Waals surface area contributed by atoms with Crippen LogP contribution >= 0.6 is 15.9 Å². The third-order valence-electron chi connectivity index (χ3n) is 3.64. The minimum atomic E-state index is -3.57. The molecule has 0 spiro atoms. The Morgan fingerprint density at radius 1 is 1.38 bits per heavy atom. The number of aliphatic hydroxyl groups excluding tert-OH is 1. The molecule has 0 aromatic heterocycles. The second kappa shape index (κ2) is 5.61. The van der Waals surface area contributed by atoms with E-state index in [0.717, 1.165) is 0 Å². The second-order valence-corrected chi connectivity index (χ2v) is 9.76. The fraction of sp³-hybridized carbons (Fsp3) is 0.571. The molecule has 1 saturated heterocycles. The Balaban J connectivity index is 2.47. The first-order chi connectivity index (χ1) is 9.54. The summed E-state index contributed by atoms with van der Waals surface area (Å²) in [7, 11) is -3.57. The Hall–Kier alpha value is -0.500. The summed E-state index contributed by atoms with van der Waals surface area (Å²) in [6.07, 6.45) is -0.413. The van der Waals surface area contributed by atoms with Gasteiger partial charge < -0.3 is 5.11 Å². The van der Waals surface area contributed by atoms with E-state index in [2.05, 4.69) is 15.9 Å². The summed E-state index contributed by atoms with van der Waals surface area (Å²) in [6, 6.07) is 3.68. The van der Waals surface area contributed by atoms with Gasteiger partial charge in [-0.25, -0.2) is 12.8 Å². The van der Waals surface area contributed by atoms with Crippen LogP contribution in [-0.2, 0) is 10.0 Å². The Bertz CT molecular complexity index is 642. The summed E-state index contributed by atoms with van der Waals surface area (Å²) in [5, 5.41) is 9.91. The molecule has 0 saturated carbocycles. The average molecular weight is 380 g/mol. The van der Waals surface area contributed by atoms with E-state index in [1.165, 1.54) is 16.4 Å². The molecular weight excluding hydrogens is 361 g/mol. The lowest BCUT2D eigenvalue weighted by Gasteiger charge is -2.31. The van der Waals surface area contributed by atoms with Crippen molar-refractivity contribution in [1.29, 1.82) is 0 Å². The predicted molar refractivity (Wildman–Crippen MR) is 82.8 cm³/mol. The van der Waals surface area contributed by atoms with E-state index in [4.69, 9.17) is 0 Å². The van der Waals surface area contributed by atoms with E-state index in [1.807, 2.05) is 0 Å². The van der Waals surface area contributed by atoms with E-state index in [9.17, 15) is 17.9 Å². The normalized spacial score (nSPS) is 24.5. The van der Waals surface area contributed by atoms with Gasteiger partial charge in [-0.3, -0.25) is 0 Å². The van der Waals surface area contributed by atoms with Gasteiger partial charge in [-0.15, -0.1) is 0 Å². The molecule has 7 heteroatoms. The van der Waals surface area contributed by atoms with Gasteiger partial charge in [0.2, 0.25) is 10.0 Å². The molecule has 1 aromatic rings. The lowest BCUT2D eigenvalue weighted by Crippen LogP contribution is -2.43. The van der Waals surface area contributed by atoms with Gasteiger partial charge in [-0.05, 0) is 44.9 Å². The minimum Gasteiger partial charge on any atom is -0.392 e. The number of aliphatic hydroxyl groups is 1. The van der Waals surface area contributed by atoms with Crippen LogP contribution in [0.3, 0.4) is 0 Å². The Kier molecular flexibility index (Phi) is 4.50. The van der Waals surface area contributed by atoms with Gasteiger partial charge in [0, 0.05) is 11.0 Å². The largest absolute Gasteiger partial charge is 0.392 e. The SMILES string of the molecule is CC(C)(C)S(=O)(=O)N1CC(O)CC1c1ccc(F)cc1Br. The summed E-state index contributed by atoms with van der Waals surface area (Å²) >= 11 is 3.28. The molecule has 1 fully saturated rings. The van der Waals surface area contributed by atoms with Crippen LogP contribution in [0.4, 0.5) is 4.39 Å². The number of hydrogen-bond donors (Lipinski definition) is 1. The Labute approximate surface area is 133 Å². The van der Waals surface area contributed by atoms with E-state index >= 15 is 0 Å². The number of halogens is 2. The molecule has 0 radical (unpaired) electrons. The Morgan fingerprint density at radius 3 is 2.52 bits per heavy atom. The molecule has 2 atom stereocenters. The molecule has 0 bridgehead atoms. The predicted octanol–water partition coefficient (Wildman–Crippen LogP) is 2.82. The molecule has 1 aromatic carbocycles. The van der Waals surface area contributed by atoms with Crippen LogP contribution in [0.1, 0.15) is 38.8 Å². The molecule has 4 nitrogen and oxygen atoms in total. The number of sulfonamides is 1. The van der Waals surface area contributed by atoms with Gasteiger partial charge in [0.25, 0.3) is 0 Å². The van der Waals surface area contributed by atoms with Crippen LogP contribution in [0.15, 0.2) is 22.7 Å². The number of benzene rings is 1. The van der Waals surface area contributed by atoms with Gasteiger partial charge >= 0.3 is 0 Å². The van der Waals surface area contributed by atoms with Crippen LogP contribution in [0.2, 0.25) is 0 Å². The smallest absolute Gasteiger partial charge is 0.219 e. The molecule has 2 rings (SSSR count).